The molecule has 0 radical (unpaired) electrons. The Morgan fingerprint density at radius 3 is 1.12 bits per heavy atom. The summed E-state index contributed by atoms with van der Waals surface area (Å²) in [5.74, 6) is -0.115. The molecule has 0 rings (SSSR count). The highest BCUT2D eigenvalue weighted by Gasteiger charge is 2.18. The van der Waals surface area contributed by atoms with Gasteiger partial charge in [-0.2, -0.15) is 0 Å². The Balaban J connectivity index is 3.51. The van der Waals surface area contributed by atoms with Gasteiger partial charge in [-0.3, -0.25) is 9.59 Å². The smallest absolute Gasteiger partial charge is 0.305 e. The van der Waals surface area contributed by atoms with Crippen LogP contribution < -0.4 is 5.32 Å². The summed E-state index contributed by atoms with van der Waals surface area (Å²) < 4.78 is 5.47. The molecule has 1 amide bonds. The van der Waals surface area contributed by atoms with Crippen LogP contribution >= 0.6 is 0 Å². The van der Waals surface area contributed by atoms with Gasteiger partial charge in [-0.25, -0.2) is 0 Å². The second-order valence-electron chi connectivity index (χ2n) is 19.3. The molecular formula is C58H109NO5. The maximum Gasteiger partial charge on any atom is 0.305 e. The Bertz CT molecular complexity index is 1040. The number of unbranched alkanes of at least 4 members (excludes halogenated alkanes) is 37. The topological polar surface area (TPSA) is 95.9 Å². The average molecular weight is 901 g/mol. The lowest BCUT2D eigenvalue weighted by molar-refractivity contribution is -0.143. The summed E-state index contributed by atoms with van der Waals surface area (Å²) in [5, 5.41) is 23.1. The summed E-state index contributed by atoms with van der Waals surface area (Å²) in [6, 6.07) is -0.649. The lowest BCUT2D eigenvalue weighted by Crippen LogP contribution is -2.45. The van der Waals surface area contributed by atoms with Gasteiger partial charge in [-0.05, 0) is 83.5 Å². The van der Waals surface area contributed by atoms with Gasteiger partial charge in [0.05, 0.1) is 25.4 Å². The van der Waals surface area contributed by atoms with E-state index in [2.05, 4.69) is 43.5 Å². The van der Waals surface area contributed by atoms with E-state index in [-0.39, 0.29) is 18.5 Å². The molecule has 6 nitrogen and oxygen atoms in total. The largest absolute Gasteiger partial charge is 0.466 e. The zero-order valence-corrected chi connectivity index (χ0v) is 42.8. The summed E-state index contributed by atoms with van der Waals surface area (Å²) in [5.41, 5.74) is 0. The van der Waals surface area contributed by atoms with E-state index in [9.17, 15) is 19.8 Å². The van der Waals surface area contributed by atoms with E-state index in [1.165, 1.54) is 199 Å². The first-order valence-electron chi connectivity index (χ1n) is 28.3. The fraction of sp³-hybridized carbons (Fsp3) is 0.862. The lowest BCUT2D eigenvalue weighted by atomic mass is 10.0. The zero-order chi connectivity index (χ0) is 46.5. The molecule has 0 spiro atoms. The molecule has 64 heavy (non-hydrogen) atoms. The summed E-state index contributed by atoms with van der Waals surface area (Å²) in [7, 11) is 0. The summed E-state index contributed by atoms with van der Waals surface area (Å²) >= 11 is 0. The van der Waals surface area contributed by atoms with Crippen LogP contribution in [0.15, 0.2) is 36.5 Å². The average Bonchev–Trinajstić information content (AvgIpc) is 3.29. The molecule has 0 bridgehead atoms. The van der Waals surface area contributed by atoms with Gasteiger partial charge in [0.2, 0.25) is 5.91 Å². The Morgan fingerprint density at radius 2 is 0.734 bits per heavy atom. The van der Waals surface area contributed by atoms with Gasteiger partial charge < -0.3 is 20.3 Å². The van der Waals surface area contributed by atoms with Gasteiger partial charge in [0.15, 0.2) is 0 Å². The Kier molecular flexibility index (Phi) is 52.1. The third kappa shape index (κ3) is 49.5. The molecule has 0 aromatic carbocycles. The second kappa shape index (κ2) is 53.7. The summed E-state index contributed by atoms with van der Waals surface area (Å²) in [6.07, 6.45) is 65.8. The first-order valence-corrected chi connectivity index (χ1v) is 28.3. The van der Waals surface area contributed by atoms with Crippen LogP contribution in [0.1, 0.15) is 296 Å². The minimum Gasteiger partial charge on any atom is -0.466 e. The predicted octanol–water partition coefficient (Wildman–Crippen LogP) is 17.2. The van der Waals surface area contributed by atoms with Crippen LogP contribution in [-0.4, -0.2) is 47.4 Å². The third-order valence-electron chi connectivity index (χ3n) is 12.9. The van der Waals surface area contributed by atoms with Crippen molar-refractivity contribution < 1.29 is 24.5 Å². The van der Waals surface area contributed by atoms with Crippen molar-refractivity contribution in [2.24, 2.45) is 0 Å². The van der Waals surface area contributed by atoms with Gasteiger partial charge in [-0.1, -0.05) is 237 Å². The number of carbonyl (C=O) groups is 2. The van der Waals surface area contributed by atoms with Crippen LogP contribution in [0.2, 0.25) is 0 Å². The van der Waals surface area contributed by atoms with Crippen molar-refractivity contribution in [1.82, 2.24) is 5.32 Å². The van der Waals surface area contributed by atoms with E-state index in [4.69, 9.17) is 4.74 Å². The van der Waals surface area contributed by atoms with Crippen molar-refractivity contribution in [2.45, 2.75) is 309 Å². The van der Waals surface area contributed by atoms with Gasteiger partial charge in [0, 0.05) is 12.8 Å². The van der Waals surface area contributed by atoms with Gasteiger partial charge in [0.25, 0.3) is 0 Å². The van der Waals surface area contributed by atoms with Crippen LogP contribution in [0.4, 0.5) is 0 Å². The van der Waals surface area contributed by atoms with Crippen molar-refractivity contribution in [3.05, 3.63) is 36.5 Å². The van der Waals surface area contributed by atoms with Gasteiger partial charge in [-0.15, -0.1) is 0 Å². The highest BCUT2D eigenvalue weighted by atomic mass is 16.5. The van der Waals surface area contributed by atoms with Crippen LogP contribution in [0.25, 0.3) is 0 Å². The molecule has 0 aromatic heterocycles. The normalized spacial score (nSPS) is 12.9. The monoisotopic (exact) mass is 900 g/mol. The molecule has 0 aliphatic heterocycles. The van der Waals surface area contributed by atoms with E-state index < -0.39 is 12.1 Å². The standard InChI is InChI=1S/C58H109NO5/c1-3-5-7-9-11-13-15-17-19-21-22-24-28-32-36-40-44-48-52-58(63)64-53-49-45-41-37-33-29-25-27-31-35-39-43-47-51-57(62)59-55(54-60)56(61)50-46-42-38-34-30-26-23-20-18-16-14-12-10-8-6-4-2/h19,21,27,31,46,50,55-56,60-61H,3-18,20,22-26,28-30,32-45,47-49,51-54H2,1-2H3,(H,59,62)/b21-19-,31-27-,50-46+. The third-order valence-corrected chi connectivity index (χ3v) is 12.9. The quantitative estimate of drug-likeness (QED) is 0.0321. The molecule has 2 atom stereocenters. The molecule has 0 aromatic rings. The first-order chi connectivity index (χ1) is 31.5. The molecule has 2 unspecified atom stereocenters. The highest BCUT2D eigenvalue weighted by Crippen LogP contribution is 2.16. The second-order valence-corrected chi connectivity index (χ2v) is 19.3. The summed E-state index contributed by atoms with van der Waals surface area (Å²) in [6.45, 7) is 4.86. The van der Waals surface area contributed by atoms with Crippen molar-refractivity contribution in [2.75, 3.05) is 13.2 Å². The molecule has 0 heterocycles. The van der Waals surface area contributed by atoms with Crippen molar-refractivity contribution in [1.29, 1.82) is 0 Å². The van der Waals surface area contributed by atoms with Crippen LogP contribution in [0, 0.1) is 0 Å². The highest BCUT2D eigenvalue weighted by molar-refractivity contribution is 5.76. The van der Waals surface area contributed by atoms with Crippen molar-refractivity contribution in [3.63, 3.8) is 0 Å². The molecule has 3 N–H and O–H groups in total. The molecular weight excluding hydrogens is 791 g/mol. The minimum atomic E-state index is -0.862. The zero-order valence-electron chi connectivity index (χ0n) is 42.8. The number of rotatable bonds is 52. The maximum atomic E-state index is 12.4. The number of amides is 1. The number of nitrogens with one attached hydrogen (secondary N) is 1. The number of esters is 1. The van der Waals surface area contributed by atoms with E-state index in [0.29, 0.717) is 19.4 Å². The number of hydrogen-bond acceptors (Lipinski definition) is 5. The van der Waals surface area contributed by atoms with Crippen molar-refractivity contribution in [3.8, 4) is 0 Å². The molecule has 0 aliphatic rings. The molecule has 0 saturated carbocycles. The Hall–Kier alpha value is -1.92. The Morgan fingerprint density at radius 1 is 0.422 bits per heavy atom. The van der Waals surface area contributed by atoms with E-state index in [1.807, 2.05) is 6.08 Å². The fourth-order valence-electron chi connectivity index (χ4n) is 8.50. The minimum absolute atomic E-state index is 0.0171. The van der Waals surface area contributed by atoms with E-state index >= 15 is 0 Å². The van der Waals surface area contributed by atoms with E-state index in [1.54, 1.807) is 6.08 Å². The first kappa shape index (κ1) is 62.1. The van der Waals surface area contributed by atoms with Crippen LogP contribution in [0.5, 0.6) is 0 Å². The number of allylic oxidation sites excluding steroid dienone is 5. The molecule has 6 heteroatoms. The fourth-order valence-corrected chi connectivity index (χ4v) is 8.50. The summed E-state index contributed by atoms with van der Waals surface area (Å²) in [4.78, 5) is 24.5. The van der Waals surface area contributed by atoms with Gasteiger partial charge >= 0.3 is 5.97 Å². The maximum absolute atomic E-state index is 12.4. The van der Waals surface area contributed by atoms with Crippen molar-refractivity contribution >= 4 is 11.9 Å². The number of aliphatic hydroxyl groups excluding tert-OH is 2. The predicted molar refractivity (Wildman–Crippen MR) is 278 cm³/mol. The van der Waals surface area contributed by atoms with Crippen LogP contribution in [-0.2, 0) is 14.3 Å². The molecule has 376 valence electrons. The van der Waals surface area contributed by atoms with Crippen LogP contribution in [0.3, 0.4) is 0 Å². The van der Waals surface area contributed by atoms with Gasteiger partial charge in [0.1, 0.15) is 0 Å². The van der Waals surface area contributed by atoms with E-state index in [0.717, 1.165) is 70.6 Å². The SMILES string of the molecule is CCCCCCCCC/C=C\CCCCCCCCCC(=O)OCCCCCCCC/C=C\CCCCCC(=O)NC(CO)C(O)/C=C/CCCCCCCCCCCCCCCC. The number of aliphatic hydroxyl groups is 2. The molecule has 0 aliphatic carbocycles. The lowest BCUT2D eigenvalue weighted by Gasteiger charge is -2.19. The number of carbonyl (C=O) groups excluding carboxylic acids is 2. The number of ether oxygens (including phenoxy) is 1. The molecule has 0 fully saturated rings. The Labute approximate surface area is 398 Å². The number of hydrogen-bond donors (Lipinski definition) is 3. The molecule has 0 saturated heterocycles.